The summed E-state index contributed by atoms with van der Waals surface area (Å²) in [6.45, 7) is 0.210. The number of aliphatic hydroxyl groups excluding tert-OH is 1. The Morgan fingerprint density at radius 2 is 2.00 bits per heavy atom. The lowest BCUT2D eigenvalue weighted by atomic mass is 9.87. The minimum atomic E-state index is -4.52. The van der Waals surface area contributed by atoms with Crippen LogP contribution in [0.1, 0.15) is 47.8 Å². The number of halogens is 3. The predicted octanol–water partition coefficient (Wildman–Crippen LogP) is 4.43. The van der Waals surface area contributed by atoms with Crippen molar-refractivity contribution in [2.24, 2.45) is 5.92 Å². The number of ether oxygens (including phenoxy) is 1. The van der Waals surface area contributed by atoms with Crippen molar-refractivity contribution in [1.82, 2.24) is 14.8 Å². The van der Waals surface area contributed by atoms with Crippen LogP contribution >= 0.6 is 0 Å². The maximum Gasteiger partial charge on any atom is 0.417 e. The smallest absolute Gasteiger partial charge is 0.417 e. The Labute approximate surface area is 182 Å². The molecule has 0 atom stereocenters. The second-order valence-corrected chi connectivity index (χ2v) is 7.96. The molecule has 0 spiro atoms. The summed E-state index contributed by atoms with van der Waals surface area (Å²) in [6, 6.07) is 5.52. The van der Waals surface area contributed by atoms with Crippen molar-refractivity contribution < 1.29 is 27.8 Å². The molecule has 170 valence electrons. The highest BCUT2D eigenvalue weighted by molar-refractivity contribution is 6.05. The van der Waals surface area contributed by atoms with Crippen LogP contribution in [0.5, 0.6) is 5.75 Å². The Bertz CT molecular complexity index is 1100. The quantitative estimate of drug-likeness (QED) is 0.603. The van der Waals surface area contributed by atoms with Crippen LogP contribution in [0, 0.1) is 5.92 Å². The SMILES string of the molecule is COc1cc2nn([C@H]3CC[C@H](CO)CC3)cc2cc1NC(=O)c1ccc(C(F)(F)F)cn1. The molecule has 1 aliphatic carbocycles. The van der Waals surface area contributed by atoms with E-state index < -0.39 is 17.6 Å². The number of fused-ring (bicyclic) bond motifs is 1. The Balaban J connectivity index is 1.55. The van der Waals surface area contributed by atoms with Crippen molar-refractivity contribution in [3.8, 4) is 5.75 Å². The van der Waals surface area contributed by atoms with Gasteiger partial charge in [0.1, 0.15) is 11.4 Å². The molecule has 0 aliphatic heterocycles. The van der Waals surface area contributed by atoms with E-state index in [1.54, 1.807) is 12.1 Å². The van der Waals surface area contributed by atoms with E-state index in [0.717, 1.165) is 43.2 Å². The molecule has 2 aromatic heterocycles. The highest BCUT2D eigenvalue weighted by atomic mass is 19.4. The van der Waals surface area contributed by atoms with E-state index in [-0.39, 0.29) is 18.3 Å². The van der Waals surface area contributed by atoms with E-state index in [1.165, 1.54) is 7.11 Å². The first kappa shape index (κ1) is 22.1. The van der Waals surface area contributed by atoms with Crippen LogP contribution in [0.25, 0.3) is 10.9 Å². The third kappa shape index (κ3) is 4.55. The lowest BCUT2D eigenvalue weighted by Crippen LogP contribution is -2.20. The average Bonchev–Trinajstić information content (AvgIpc) is 3.21. The van der Waals surface area contributed by atoms with E-state index >= 15 is 0 Å². The summed E-state index contributed by atoms with van der Waals surface area (Å²) in [5.74, 6) is 0.0787. The normalized spacial score (nSPS) is 19.2. The monoisotopic (exact) mass is 448 g/mol. The maximum absolute atomic E-state index is 12.7. The molecule has 2 heterocycles. The van der Waals surface area contributed by atoms with E-state index in [2.05, 4.69) is 15.4 Å². The maximum atomic E-state index is 12.7. The molecular formula is C22H23F3N4O3. The number of hydrogen-bond donors (Lipinski definition) is 2. The fourth-order valence-corrected chi connectivity index (χ4v) is 4.00. The van der Waals surface area contributed by atoms with Gasteiger partial charge in [-0.15, -0.1) is 0 Å². The summed E-state index contributed by atoms with van der Waals surface area (Å²) in [5, 5.41) is 17.4. The van der Waals surface area contributed by atoms with Gasteiger partial charge in [-0.2, -0.15) is 18.3 Å². The number of amides is 1. The summed E-state index contributed by atoms with van der Waals surface area (Å²) in [7, 11) is 1.46. The van der Waals surface area contributed by atoms with E-state index in [1.807, 2.05) is 10.9 Å². The third-order valence-electron chi connectivity index (χ3n) is 5.86. The summed E-state index contributed by atoms with van der Waals surface area (Å²) >= 11 is 0. The summed E-state index contributed by atoms with van der Waals surface area (Å²) in [6.07, 6.45) is 1.77. The number of anilines is 1. The Morgan fingerprint density at radius 3 is 2.59 bits per heavy atom. The molecule has 0 bridgehead atoms. The van der Waals surface area contributed by atoms with Crippen molar-refractivity contribution in [2.75, 3.05) is 19.0 Å². The highest BCUT2D eigenvalue weighted by Crippen LogP contribution is 2.35. The number of alkyl halides is 3. The van der Waals surface area contributed by atoms with Crippen molar-refractivity contribution in [3.63, 3.8) is 0 Å². The van der Waals surface area contributed by atoms with Gasteiger partial charge in [0.25, 0.3) is 5.91 Å². The molecule has 1 amide bonds. The number of pyridine rings is 1. The number of nitrogens with one attached hydrogen (secondary N) is 1. The van der Waals surface area contributed by atoms with E-state index in [0.29, 0.717) is 29.1 Å². The van der Waals surface area contributed by atoms with E-state index in [9.17, 15) is 23.1 Å². The zero-order chi connectivity index (χ0) is 22.9. The summed E-state index contributed by atoms with van der Waals surface area (Å²) < 4.78 is 45.4. The van der Waals surface area contributed by atoms with Crippen LogP contribution in [0.15, 0.2) is 36.7 Å². The number of benzene rings is 1. The second-order valence-electron chi connectivity index (χ2n) is 7.96. The minimum absolute atomic E-state index is 0.142. The minimum Gasteiger partial charge on any atom is -0.494 e. The Kier molecular flexibility index (Phi) is 6.05. The summed E-state index contributed by atoms with van der Waals surface area (Å²) in [4.78, 5) is 16.2. The lowest BCUT2D eigenvalue weighted by molar-refractivity contribution is -0.137. The van der Waals surface area contributed by atoms with Gasteiger partial charge in [0.15, 0.2) is 0 Å². The first-order chi connectivity index (χ1) is 15.3. The summed E-state index contributed by atoms with van der Waals surface area (Å²) in [5.41, 5.74) is 0.0111. The van der Waals surface area contributed by atoms with Gasteiger partial charge in [-0.25, -0.2) is 0 Å². The second kappa shape index (κ2) is 8.78. The predicted molar refractivity (Wildman–Crippen MR) is 112 cm³/mol. The molecule has 3 aromatic rings. The van der Waals surface area contributed by atoms with Crippen molar-refractivity contribution in [1.29, 1.82) is 0 Å². The number of hydrogen-bond acceptors (Lipinski definition) is 5. The van der Waals surface area contributed by atoms with E-state index in [4.69, 9.17) is 4.74 Å². The molecule has 32 heavy (non-hydrogen) atoms. The van der Waals surface area contributed by atoms with Crippen LogP contribution < -0.4 is 10.1 Å². The number of carbonyl (C=O) groups excluding carboxylic acids is 1. The number of aliphatic hydroxyl groups is 1. The molecule has 10 heteroatoms. The van der Waals surface area contributed by atoms with Gasteiger partial charge in [-0.3, -0.25) is 14.5 Å². The van der Waals surface area contributed by atoms with Gasteiger partial charge in [0.05, 0.1) is 29.9 Å². The molecule has 0 radical (unpaired) electrons. The number of aromatic nitrogens is 3. The van der Waals surface area contributed by atoms with Gasteiger partial charge in [0, 0.05) is 30.5 Å². The highest BCUT2D eigenvalue weighted by Gasteiger charge is 2.31. The Hall–Kier alpha value is -3.14. The topological polar surface area (TPSA) is 89.3 Å². The number of carbonyl (C=O) groups is 1. The van der Waals surface area contributed by atoms with Crippen LogP contribution in [-0.2, 0) is 6.18 Å². The lowest BCUT2D eigenvalue weighted by Gasteiger charge is -2.27. The average molecular weight is 448 g/mol. The molecule has 1 saturated carbocycles. The molecule has 1 fully saturated rings. The fraction of sp³-hybridized carbons (Fsp3) is 0.409. The molecule has 0 unspecified atom stereocenters. The first-order valence-electron chi connectivity index (χ1n) is 10.3. The van der Waals surface area contributed by atoms with Crippen LogP contribution in [0.4, 0.5) is 18.9 Å². The van der Waals surface area contributed by atoms with Gasteiger partial charge >= 0.3 is 6.18 Å². The molecule has 4 rings (SSSR count). The number of rotatable bonds is 5. The molecule has 1 aromatic carbocycles. The van der Waals surface area contributed by atoms with Crippen molar-refractivity contribution in [3.05, 3.63) is 47.9 Å². The zero-order valence-corrected chi connectivity index (χ0v) is 17.4. The van der Waals surface area contributed by atoms with Crippen molar-refractivity contribution >= 4 is 22.5 Å². The first-order valence-corrected chi connectivity index (χ1v) is 10.3. The largest absolute Gasteiger partial charge is 0.494 e. The molecular weight excluding hydrogens is 425 g/mol. The molecule has 2 N–H and O–H groups in total. The van der Waals surface area contributed by atoms with Crippen LogP contribution in [0.2, 0.25) is 0 Å². The van der Waals surface area contributed by atoms with Crippen LogP contribution in [0.3, 0.4) is 0 Å². The van der Waals surface area contributed by atoms with Crippen molar-refractivity contribution in [2.45, 2.75) is 37.9 Å². The van der Waals surface area contributed by atoms with Gasteiger partial charge in [-0.05, 0) is 49.8 Å². The zero-order valence-electron chi connectivity index (χ0n) is 17.4. The van der Waals surface area contributed by atoms with Crippen LogP contribution in [-0.4, -0.2) is 39.5 Å². The number of nitrogens with zero attached hydrogens (tertiary/aromatic N) is 3. The van der Waals surface area contributed by atoms with Gasteiger partial charge in [0.2, 0.25) is 0 Å². The third-order valence-corrected chi connectivity index (χ3v) is 5.86. The Morgan fingerprint density at radius 1 is 1.25 bits per heavy atom. The van der Waals surface area contributed by atoms with Gasteiger partial charge < -0.3 is 15.2 Å². The molecule has 7 nitrogen and oxygen atoms in total. The molecule has 1 aliphatic rings. The fourth-order valence-electron chi connectivity index (χ4n) is 4.00. The number of methoxy groups -OCH3 is 1. The molecule has 0 saturated heterocycles. The standard InChI is InChI=1S/C22H23F3N4O3/c1-32-20-9-18-14(11-29(28-18)16-5-2-13(12-30)3-6-16)8-19(20)27-21(31)17-7-4-15(10-26-17)22(23,24)25/h4,7-11,13,16,30H,2-3,5-6,12H2,1H3,(H,27,31)/t13-,16-. The van der Waals surface area contributed by atoms with Gasteiger partial charge in [-0.1, -0.05) is 0 Å².